The van der Waals surface area contributed by atoms with Crippen LogP contribution in [0.3, 0.4) is 0 Å². The fourth-order valence-electron chi connectivity index (χ4n) is 3.54. The van der Waals surface area contributed by atoms with Crippen LogP contribution in [0.15, 0.2) is 55.0 Å². The molecule has 3 heterocycles. The number of aliphatic hydroxyl groups excluding tert-OH is 1. The second-order valence-corrected chi connectivity index (χ2v) is 7.99. The predicted octanol–water partition coefficient (Wildman–Crippen LogP) is 5.03. The zero-order valence-electron chi connectivity index (χ0n) is 18.8. The number of halogens is 3. The lowest BCUT2D eigenvalue weighted by molar-refractivity contribution is -0.137. The van der Waals surface area contributed by atoms with E-state index < -0.39 is 11.7 Å². The summed E-state index contributed by atoms with van der Waals surface area (Å²) in [6.07, 6.45) is -0.863. The van der Waals surface area contributed by atoms with Gasteiger partial charge in [0.05, 0.1) is 47.3 Å². The largest absolute Gasteiger partial charge is 0.416 e. The van der Waals surface area contributed by atoms with Crippen LogP contribution >= 0.6 is 0 Å². The van der Waals surface area contributed by atoms with Crippen molar-refractivity contribution in [3.05, 3.63) is 83.1 Å². The zero-order valence-corrected chi connectivity index (χ0v) is 18.8. The summed E-state index contributed by atoms with van der Waals surface area (Å²) >= 11 is 0. The second kappa shape index (κ2) is 9.22. The zero-order chi connectivity index (χ0) is 24.5. The van der Waals surface area contributed by atoms with E-state index in [2.05, 4.69) is 25.5 Å². The van der Waals surface area contributed by atoms with Crippen molar-refractivity contribution in [2.45, 2.75) is 39.6 Å². The van der Waals surface area contributed by atoms with Crippen molar-refractivity contribution in [2.75, 3.05) is 5.32 Å². The van der Waals surface area contributed by atoms with E-state index in [0.717, 1.165) is 29.1 Å². The minimum Gasteiger partial charge on any atom is -0.390 e. The number of hydrogen-bond donors (Lipinski definition) is 2. The van der Waals surface area contributed by atoms with E-state index >= 15 is 0 Å². The Morgan fingerprint density at radius 2 is 1.76 bits per heavy atom. The molecule has 0 aliphatic rings. The number of aliphatic hydroxyl groups is 1. The molecule has 1 aromatic carbocycles. The Bertz CT molecular complexity index is 1300. The van der Waals surface area contributed by atoms with Crippen molar-refractivity contribution in [2.24, 2.45) is 0 Å². The third-order valence-corrected chi connectivity index (χ3v) is 5.43. The summed E-state index contributed by atoms with van der Waals surface area (Å²) in [4.78, 5) is 8.75. The van der Waals surface area contributed by atoms with E-state index in [-0.39, 0.29) is 12.6 Å². The van der Waals surface area contributed by atoms with Gasteiger partial charge in [-0.2, -0.15) is 13.2 Å². The number of anilines is 1. The molecule has 0 radical (unpaired) electrons. The minimum atomic E-state index is -4.37. The Balaban J connectivity index is 1.54. The number of nitrogens with zero attached hydrogens (tertiary/aromatic N) is 5. The van der Waals surface area contributed by atoms with E-state index in [4.69, 9.17) is 0 Å². The predicted molar refractivity (Wildman–Crippen MR) is 121 cm³/mol. The number of pyridine rings is 1. The van der Waals surface area contributed by atoms with Crippen molar-refractivity contribution in [1.82, 2.24) is 24.7 Å². The normalized spacial score (nSPS) is 12.6. The fourth-order valence-corrected chi connectivity index (χ4v) is 3.54. The lowest BCUT2D eigenvalue weighted by atomic mass is 10.1. The molecule has 0 spiro atoms. The molecule has 3 aromatic heterocycles. The molecule has 0 bridgehead atoms. The number of imidazole rings is 1. The van der Waals surface area contributed by atoms with Gasteiger partial charge in [0.25, 0.3) is 0 Å². The van der Waals surface area contributed by atoms with Gasteiger partial charge >= 0.3 is 6.18 Å². The van der Waals surface area contributed by atoms with E-state index in [0.29, 0.717) is 28.5 Å². The topological polar surface area (TPSA) is 88.8 Å². The fraction of sp³-hybridized carbons (Fsp3) is 0.250. The summed E-state index contributed by atoms with van der Waals surface area (Å²) < 4.78 is 40.2. The Labute approximate surface area is 194 Å². The number of hydrogen-bond acceptors (Lipinski definition) is 6. The van der Waals surface area contributed by atoms with E-state index in [1.165, 1.54) is 12.1 Å². The van der Waals surface area contributed by atoms with Crippen LogP contribution in [0.2, 0.25) is 0 Å². The molecule has 7 nitrogen and oxygen atoms in total. The van der Waals surface area contributed by atoms with Gasteiger partial charge in [-0.3, -0.25) is 0 Å². The molecule has 0 amide bonds. The number of rotatable bonds is 6. The smallest absolute Gasteiger partial charge is 0.390 e. The van der Waals surface area contributed by atoms with Crippen molar-refractivity contribution in [3.63, 3.8) is 0 Å². The quantitative estimate of drug-likeness (QED) is 0.413. The summed E-state index contributed by atoms with van der Waals surface area (Å²) in [7, 11) is 0. The second-order valence-electron chi connectivity index (χ2n) is 7.99. The summed E-state index contributed by atoms with van der Waals surface area (Å²) in [6, 6.07) is 10.2. The average molecular weight is 468 g/mol. The maximum Gasteiger partial charge on any atom is 0.416 e. The summed E-state index contributed by atoms with van der Waals surface area (Å²) in [5.41, 5.74) is 3.95. The first-order valence-corrected chi connectivity index (χ1v) is 10.6. The molecule has 0 saturated carbocycles. The molecule has 10 heteroatoms. The van der Waals surface area contributed by atoms with Gasteiger partial charge in [-0.25, -0.2) is 9.97 Å². The van der Waals surface area contributed by atoms with E-state index in [1.54, 1.807) is 17.0 Å². The van der Waals surface area contributed by atoms with Crippen LogP contribution in [0.5, 0.6) is 0 Å². The van der Waals surface area contributed by atoms with Crippen LogP contribution in [-0.4, -0.2) is 29.8 Å². The lowest BCUT2D eigenvalue weighted by Crippen LogP contribution is -2.11. The highest BCUT2D eigenvalue weighted by Gasteiger charge is 2.30. The number of benzene rings is 1. The number of aryl methyl sites for hydroxylation is 2. The molecule has 1 atom stereocenters. The molecule has 4 rings (SSSR count). The standard InChI is InChI=1S/C24H23F3N6O/c1-14-10-20(19-8-9-22(21(12-34)30-19)33-11-15(2)28-13-33)31-32-23(14)29-16(3)17-4-6-18(7-5-17)24(25,26)27/h4-11,13,16,34H,12H2,1-3H3,(H,29,32)/t16-/m0/s1. The molecule has 0 unspecified atom stereocenters. The first-order valence-electron chi connectivity index (χ1n) is 10.6. The van der Waals surface area contributed by atoms with Crippen LogP contribution in [0, 0.1) is 13.8 Å². The molecule has 4 aromatic rings. The minimum absolute atomic E-state index is 0.253. The monoisotopic (exact) mass is 468 g/mol. The van der Waals surface area contributed by atoms with Crippen molar-refractivity contribution in [1.29, 1.82) is 0 Å². The Morgan fingerprint density at radius 1 is 1.03 bits per heavy atom. The average Bonchev–Trinajstić information content (AvgIpc) is 3.25. The number of aromatic nitrogens is 5. The molecule has 34 heavy (non-hydrogen) atoms. The van der Waals surface area contributed by atoms with E-state index in [1.807, 2.05) is 39.1 Å². The van der Waals surface area contributed by atoms with Crippen LogP contribution in [-0.2, 0) is 12.8 Å². The van der Waals surface area contributed by atoms with E-state index in [9.17, 15) is 18.3 Å². The molecule has 176 valence electrons. The SMILES string of the molecule is Cc1cn(-c2ccc(-c3cc(C)c(N[C@@H](C)c4ccc(C(F)(F)F)cc4)nn3)nc2CO)cn1. The number of nitrogens with one attached hydrogen (secondary N) is 1. The first kappa shape index (κ1) is 23.4. The molecular weight excluding hydrogens is 445 g/mol. The van der Waals surface area contributed by atoms with Gasteiger partial charge in [0.1, 0.15) is 5.69 Å². The van der Waals surface area contributed by atoms with Gasteiger partial charge in [0.2, 0.25) is 0 Å². The lowest BCUT2D eigenvalue weighted by Gasteiger charge is -2.17. The highest BCUT2D eigenvalue weighted by atomic mass is 19.4. The molecule has 0 aliphatic carbocycles. The maximum absolute atomic E-state index is 12.8. The van der Waals surface area contributed by atoms with Crippen LogP contribution < -0.4 is 5.32 Å². The summed E-state index contributed by atoms with van der Waals surface area (Å²) in [5.74, 6) is 0.518. The van der Waals surface area contributed by atoms with Gasteiger partial charge in [-0.05, 0) is 62.2 Å². The van der Waals surface area contributed by atoms with Crippen molar-refractivity contribution in [3.8, 4) is 17.1 Å². The molecular formula is C24H23F3N6O. The maximum atomic E-state index is 12.8. The molecule has 2 N–H and O–H groups in total. The third kappa shape index (κ3) is 4.91. The number of alkyl halides is 3. The summed E-state index contributed by atoms with van der Waals surface area (Å²) in [6.45, 7) is 5.32. The van der Waals surface area contributed by atoms with Crippen molar-refractivity contribution >= 4 is 5.82 Å². The van der Waals surface area contributed by atoms with Crippen molar-refractivity contribution < 1.29 is 18.3 Å². The third-order valence-electron chi connectivity index (χ3n) is 5.43. The first-order chi connectivity index (χ1) is 16.2. The van der Waals surface area contributed by atoms with Crippen LogP contribution in [0.4, 0.5) is 19.0 Å². The Kier molecular flexibility index (Phi) is 6.34. The van der Waals surface area contributed by atoms with Gasteiger partial charge in [0, 0.05) is 6.20 Å². The highest BCUT2D eigenvalue weighted by molar-refractivity contribution is 5.60. The Hall–Kier alpha value is -3.79. The van der Waals surface area contributed by atoms with Gasteiger partial charge in [-0.1, -0.05) is 12.1 Å². The van der Waals surface area contributed by atoms with Crippen LogP contribution in [0.1, 0.15) is 41.0 Å². The molecule has 0 saturated heterocycles. The molecule has 0 aliphatic heterocycles. The molecule has 0 fully saturated rings. The Morgan fingerprint density at radius 3 is 2.35 bits per heavy atom. The summed E-state index contributed by atoms with van der Waals surface area (Å²) in [5, 5.41) is 21.5. The highest BCUT2D eigenvalue weighted by Crippen LogP contribution is 2.31. The van der Waals surface area contributed by atoms with Gasteiger partial charge in [0.15, 0.2) is 5.82 Å². The van der Waals surface area contributed by atoms with Gasteiger partial charge in [-0.15, -0.1) is 10.2 Å². The van der Waals surface area contributed by atoms with Crippen LogP contribution in [0.25, 0.3) is 17.1 Å². The van der Waals surface area contributed by atoms with Gasteiger partial charge < -0.3 is 15.0 Å².